The molecular formula is C22H21Cl2NO4. The first-order valence-electron chi connectivity index (χ1n) is 9.35. The number of ketones is 1. The number of amides is 1. The lowest BCUT2D eigenvalue weighted by Gasteiger charge is -2.25. The van der Waals surface area contributed by atoms with E-state index in [9.17, 15) is 14.7 Å². The lowest BCUT2D eigenvalue weighted by molar-refractivity contribution is -0.139. The van der Waals surface area contributed by atoms with Gasteiger partial charge in [-0.1, -0.05) is 36.2 Å². The number of hydrogen-bond acceptors (Lipinski definition) is 4. The van der Waals surface area contributed by atoms with Crippen molar-refractivity contribution in [3.05, 3.63) is 69.2 Å². The first-order chi connectivity index (χ1) is 13.9. The summed E-state index contributed by atoms with van der Waals surface area (Å²) in [5, 5.41) is 11.6. The number of aliphatic hydroxyl groups is 1. The van der Waals surface area contributed by atoms with Crippen LogP contribution in [0.2, 0.25) is 10.0 Å². The van der Waals surface area contributed by atoms with Gasteiger partial charge in [0.25, 0.3) is 11.7 Å². The summed E-state index contributed by atoms with van der Waals surface area (Å²) in [6, 6.07) is 10.9. The van der Waals surface area contributed by atoms with E-state index in [4.69, 9.17) is 27.9 Å². The van der Waals surface area contributed by atoms with Crippen molar-refractivity contribution in [2.45, 2.75) is 26.3 Å². The lowest BCUT2D eigenvalue weighted by Crippen LogP contribution is -2.30. The molecule has 2 aromatic carbocycles. The number of carbonyl (C=O) groups is 2. The van der Waals surface area contributed by atoms with Crippen LogP contribution in [-0.2, 0) is 9.59 Å². The molecule has 1 saturated heterocycles. The van der Waals surface area contributed by atoms with Crippen LogP contribution in [0.15, 0.2) is 48.0 Å². The van der Waals surface area contributed by atoms with Crippen LogP contribution in [0, 0.1) is 0 Å². The van der Waals surface area contributed by atoms with E-state index in [-0.39, 0.29) is 11.3 Å². The molecule has 5 nitrogen and oxygen atoms in total. The minimum Gasteiger partial charge on any atom is -0.507 e. The standard InChI is InChI=1S/C22H21Cl2NO4/c1-3-11-25-19(14-7-10-16(23)17(24)12-14)18(21(27)22(25)28)20(26)13-5-8-15(9-6-13)29-4-2/h5-10,12,19,26H,3-4,11H2,1-2H3/b20-18-. The number of benzene rings is 2. The quantitative estimate of drug-likeness (QED) is 0.385. The number of ether oxygens (including phenoxy) is 1. The number of Topliss-reactive ketones (excluding diaryl/α,β-unsaturated/α-hetero) is 1. The highest BCUT2D eigenvalue weighted by atomic mass is 35.5. The Morgan fingerprint density at radius 1 is 1.07 bits per heavy atom. The summed E-state index contributed by atoms with van der Waals surface area (Å²) >= 11 is 12.2. The van der Waals surface area contributed by atoms with Crippen LogP contribution >= 0.6 is 23.2 Å². The van der Waals surface area contributed by atoms with Gasteiger partial charge in [0.15, 0.2) is 0 Å². The molecule has 152 valence electrons. The third kappa shape index (κ3) is 4.11. The smallest absolute Gasteiger partial charge is 0.295 e. The van der Waals surface area contributed by atoms with Gasteiger partial charge >= 0.3 is 0 Å². The molecule has 1 N–H and O–H groups in total. The van der Waals surface area contributed by atoms with Crippen molar-refractivity contribution in [2.75, 3.05) is 13.2 Å². The number of aliphatic hydroxyl groups excluding tert-OH is 1. The average Bonchev–Trinajstić information content (AvgIpc) is 2.96. The average molecular weight is 434 g/mol. The van der Waals surface area contributed by atoms with Crippen LogP contribution < -0.4 is 4.74 Å². The molecule has 0 aromatic heterocycles. The summed E-state index contributed by atoms with van der Waals surface area (Å²) in [4.78, 5) is 26.9. The van der Waals surface area contributed by atoms with Crippen molar-refractivity contribution in [3.63, 3.8) is 0 Å². The van der Waals surface area contributed by atoms with Crippen molar-refractivity contribution >= 4 is 40.7 Å². The predicted molar refractivity (Wildman–Crippen MR) is 113 cm³/mol. The number of nitrogens with zero attached hydrogens (tertiary/aromatic N) is 1. The SMILES string of the molecule is CCCN1C(=O)C(=O)/C(=C(\O)c2ccc(OCC)cc2)C1c1ccc(Cl)c(Cl)c1. The Labute approximate surface area is 179 Å². The molecule has 1 fully saturated rings. The molecule has 1 aliphatic heterocycles. The van der Waals surface area contributed by atoms with E-state index in [1.54, 1.807) is 42.5 Å². The van der Waals surface area contributed by atoms with Crippen molar-refractivity contribution in [2.24, 2.45) is 0 Å². The third-order valence-corrected chi connectivity index (χ3v) is 5.44. The number of likely N-dealkylation sites (tertiary alicyclic amines) is 1. The summed E-state index contributed by atoms with van der Waals surface area (Å²) in [7, 11) is 0. The highest BCUT2D eigenvalue weighted by Gasteiger charge is 2.45. The molecule has 0 aliphatic carbocycles. The fourth-order valence-corrected chi connectivity index (χ4v) is 3.72. The van der Waals surface area contributed by atoms with Gasteiger partial charge in [0, 0.05) is 12.1 Å². The molecular weight excluding hydrogens is 413 g/mol. The maximum Gasteiger partial charge on any atom is 0.295 e. The van der Waals surface area contributed by atoms with Crippen molar-refractivity contribution in [1.82, 2.24) is 4.90 Å². The van der Waals surface area contributed by atoms with Gasteiger partial charge in [-0.25, -0.2) is 0 Å². The Kier molecular flexibility index (Phi) is 6.50. The first kappa shape index (κ1) is 21.2. The van der Waals surface area contributed by atoms with Gasteiger partial charge in [0.05, 0.1) is 28.3 Å². The van der Waals surface area contributed by atoms with Crippen molar-refractivity contribution in [3.8, 4) is 5.75 Å². The second-order valence-corrected chi connectivity index (χ2v) is 7.44. The molecule has 3 rings (SSSR count). The maximum atomic E-state index is 12.8. The largest absolute Gasteiger partial charge is 0.507 e. The van der Waals surface area contributed by atoms with Crippen LogP contribution in [0.4, 0.5) is 0 Å². The number of rotatable bonds is 6. The number of halogens is 2. The van der Waals surface area contributed by atoms with Crippen LogP contribution in [0.1, 0.15) is 37.4 Å². The van der Waals surface area contributed by atoms with Gasteiger partial charge in [-0.3, -0.25) is 9.59 Å². The van der Waals surface area contributed by atoms with Gasteiger partial charge in [-0.2, -0.15) is 0 Å². The Morgan fingerprint density at radius 3 is 2.34 bits per heavy atom. The summed E-state index contributed by atoms with van der Waals surface area (Å²) in [5.74, 6) is -0.950. The Morgan fingerprint density at radius 2 is 1.76 bits per heavy atom. The molecule has 29 heavy (non-hydrogen) atoms. The molecule has 1 unspecified atom stereocenters. The van der Waals surface area contributed by atoms with E-state index < -0.39 is 17.7 Å². The van der Waals surface area contributed by atoms with E-state index in [2.05, 4.69) is 0 Å². The van der Waals surface area contributed by atoms with Crippen LogP contribution in [0.5, 0.6) is 5.75 Å². The summed E-state index contributed by atoms with van der Waals surface area (Å²) in [6.45, 7) is 4.68. The second-order valence-electron chi connectivity index (χ2n) is 6.62. The van der Waals surface area contributed by atoms with E-state index in [1.165, 1.54) is 4.90 Å². The zero-order valence-corrected chi connectivity index (χ0v) is 17.6. The Bertz CT molecular complexity index is 969. The van der Waals surface area contributed by atoms with Crippen LogP contribution in [0.3, 0.4) is 0 Å². The maximum absolute atomic E-state index is 12.8. The molecule has 1 atom stereocenters. The van der Waals surface area contributed by atoms with E-state index >= 15 is 0 Å². The van der Waals surface area contributed by atoms with Crippen molar-refractivity contribution in [1.29, 1.82) is 0 Å². The number of hydrogen-bond donors (Lipinski definition) is 1. The molecule has 0 radical (unpaired) electrons. The zero-order chi connectivity index (χ0) is 21.1. The predicted octanol–water partition coefficient (Wildman–Crippen LogP) is 5.22. The topological polar surface area (TPSA) is 66.8 Å². The second kappa shape index (κ2) is 8.89. The minimum atomic E-state index is -0.740. The normalized spacial score (nSPS) is 18.3. The molecule has 0 bridgehead atoms. The molecule has 1 aliphatic rings. The highest BCUT2D eigenvalue weighted by Crippen LogP contribution is 2.41. The number of carbonyl (C=O) groups excluding carboxylic acids is 2. The summed E-state index contributed by atoms with van der Waals surface area (Å²) in [5.41, 5.74) is 1.07. The molecule has 0 saturated carbocycles. The summed E-state index contributed by atoms with van der Waals surface area (Å²) < 4.78 is 5.41. The molecule has 7 heteroatoms. The fraction of sp³-hybridized carbons (Fsp3) is 0.273. The van der Waals surface area contributed by atoms with Crippen LogP contribution in [-0.4, -0.2) is 34.8 Å². The van der Waals surface area contributed by atoms with Crippen molar-refractivity contribution < 1.29 is 19.4 Å². The van der Waals surface area contributed by atoms with Gasteiger partial charge in [0.1, 0.15) is 11.5 Å². The van der Waals surface area contributed by atoms with Gasteiger partial charge in [-0.05, 0) is 55.3 Å². The molecule has 1 amide bonds. The molecule has 1 heterocycles. The fourth-order valence-electron chi connectivity index (χ4n) is 3.41. The Balaban J connectivity index is 2.14. The third-order valence-electron chi connectivity index (χ3n) is 4.70. The first-order valence-corrected chi connectivity index (χ1v) is 10.1. The minimum absolute atomic E-state index is 0.0333. The van der Waals surface area contributed by atoms with E-state index in [0.717, 1.165) is 0 Å². The monoisotopic (exact) mass is 433 g/mol. The van der Waals surface area contributed by atoms with Gasteiger partial charge in [0.2, 0.25) is 0 Å². The summed E-state index contributed by atoms with van der Waals surface area (Å²) in [6.07, 6.45) is 0.661. The van der Waals surface area contributed by atoms with Gasteiger partial charge < -0.3 is 14.7 Å². The Hall–Kier alpha value is -2.50. The van der Waals surface area contributed by atoms with Crippen LogP contribution in [0.25, 0.3) is 5.76 Å². The zero-order valence-electron chi connectivity index (χ0n) is 16.1. The van der Waals surface area contributed by atoms with E-state index in [0.29, 0.717) is 46.5 Å². The van der Waals surface area contributed by atoms with E-state index in [1.807, 2.05) is 13.8 Å². The molecule has 2 aromatic rings. The molecule has 0 spiro atoms. The lowest BCUT2D eigenvalue weighted by atomic mass is 9.95. The highest BCUT2D eigenvalue weighted by molar-refractivity contribution is 6.46. The van der Waals surface area contributed by atoms with Gasteiger partial charge in [-0.15, -0.1) is 0 Å².